The molecule has 2 rings (SSSR count). The minimum absolute atomic E-state index is 0.0772. The van der Waals surface area contributed by atoms with Gasteiger partial charge in [0.15, 0.2) is 0 Å². The van der Waals surface area contributed by atoms with Crippen LogP contribution in [0.4, 0.5) is 0 Å². The molecule has 0 spiro atoms. The van der Waals surface area contributed by atoms with Crippen molar-refractivity contribution in [2.24, 2.45) is 5.92 Å². The van der Waals surface area contributed by atoms with E-state index < -0.39 is 0 Å². The van der Waals surface area contributed by atoms with Crippen molar-refractivity contribution in [3.05, 3.63) is 52.5 Å². The highest BCUT2D eigenvalue weighted by molar-refractivity contribution is 7.07. The van der Waals surface area contributed by atoms with Crippen molar-refractivity contribution in [2.45, 2.75) is 32.6 Å². The predicted octanol–water partition coefficient (Wildman–Crippen LogP) is 3.63. The van der Waals surface area contributed by atoms with Crippen molar-refractivity contribution in [1.29, 1.82) is 0 Å². The number of nitrogens with zero attached hydrogens (tertiary/aromatic N) is 1. The Morgan fingerprint density at radius 2 is 2.10 bits per heavy atom. The summed E-state index contributed by atoms with van der Waals surface area (Å²) in [5.74, 6) is 0.365. The van der Waals surface area contributed by atoms with Crippen LogP contribution in [-0.2, 0) is 11.2 Å². The van der Waals surface area contributed by atoms with Crippen LogP contribution >= 0.6 is 11.3 Å². The zero-order chi connectivity index (χ0) is 15.1. The number of thiazole rings is 1. The van der Waals surface area contributed by atoms with Gasteiger partial charge in [-0.15, -0.1) is 11.3 Å². The Bertz CT molecular complexity index is 539. The van der Waals surface area contributed by atoms with Crippen LogP contribution < -0.4 is 5.32 Å². The van der Waals surface area contributed by atoms with Gasteiger partial charge in [0.1, 0.15) is 0 Å². The summed E-state index contributed by atoms with van der Waals surface area (Å²) >= 11 is 1.59. The third-order valence-corrected chi connectivity index (χ3v) is 4.45. The molecule has 0 saturated heterocycles. The van der Waals surface area contributed by atoms with Gasteiger partial charge < -0.3 is 5.32 Å². The molecule has 2 aromatic rings. The monoisotopic (exact) mass is 302 g/mol. The minimum atomic E-state index is -0.0772. The standard InChI is InChI=1S/C17H22N2OS/c1-3-13(2)16(14-7-5-4-6-8-14)17(20)18-10-9-15-11-21-12-19-15/h4-8,11-13,16H,3,9-10H2,1-2H3,(H,18,20)/t13-,16+/m0/s1. The smallest absolute Gasteiger partial charge is 0.227 e. The molecule has 1 amide bonds. The van der Waals surface area contributed by atoms with Gasteiger partial charge in [-0.25, -0.2) is 4.98 Å². The van der Waals surface area contributed by atoms with Gasteiger partial charge in [-0.2, -0.15) is 0 Å². The third kappa shape index (κ3) is 4.39. The summed E-state index contributed by atoms with van der Waals surface area (Å²) in [6.07, 6.45) is 1.77. The van der Waals surface area contributed by atoms with Crippen LogP contribution in [0, 0.1) is 5.92 Å². The number of aromatic nitrogens is 1. The fraction of sp³-hybridized carbons (Fsp3) is 0.412. The van der Waals surface area contributed by atoms with E-state index in [0.29, 0.717) is 12.5 Å². The SMILES string of the molecule is CC[C@H](C)[C@@H](C(=O)NCCc1cscn1)c1ccccc1. The number of hydrogen-bond acceptors (Lipinski definition) is 3. The zero-order valence-corrected chi connectivity index (χ0v) is 13.4. The third-order valence-electron chi connectivity index (χ3n) is 3.82. The van der Waals surface area contributed by atoms with Crippen molar-refractivity contribution in [1.82, 2.24) is 10.3 Å². The molecule has 1 aromatic heterocycles. The van der Waals surface area contributed by atoms with Gasteiger partial charge in [0, 0.05) is 18.3 Å². The van der Waals surface area contributed by atoms with Crippen LogP contribution in [0.5, 0.6) is 0 Å². The first-order valence-corrected chi connectivity index (χ1v) is 8.36. The van der Waals surface area contributed by atoms with Crippen LogP contribution in [0.3, 0.4) is 0 Å². The highest BCUT2D eigenvalue weighted by Gasteiger charge is 2.25. The molecule has 112 valence electrons. The highest BCUT2D eigenvalue weighted by Crippen LogP contribution is 2.27. The van der Waals surface area contributed by atoms with E-state index >= 15 is 0 Å². The Morgan fingerprint density at radius 3 is 2.71 bits per heavy atom. The van der Waals surface area contributed by atoms with Crippen molar-refractivity contribution in [2.75, 3.05) is 6.54 Å². The lowest BCUT2D eigenvalue weighted by atomic mass is 9.85. The summed E-state index contributed by atoms with van der Waals surface area (Å²) in [6.45, 7) is 4.91. The van der Waals surface area contributed by atoms with E-state index in [2.05, 4.69) is 24.1 Å². The second-order valence-corrected chi connectivity index (χ2v) is 6.01. The minimum Gasteiger partial charge on any atom is -0.355 e. The number of amides is 1. The lowest BCUT2D eigenvalue weighted by molar-refractivity contribution is -0.123. The normalized spacial score (nSPS) is 13.6. The molecule has 0 aliphatic carbocycles. The van der Waals surface area contributed by atoms with Crippen LogP contribution in [0.15, 0.2) is 41.2 Å². The average molecular weight is 302 g/mol. The predicted molar refractivity (Wildman–Crippen MR) is 87.5 cm³/mol. The Hall–Kier alpha value is -1.68. The topological polar surface area (TPSA) is 42.0 Å². The summed E-state index contributed by atoms with van der Waals surface area (Å²) in [7, 11) is 0. The van der Waals surface area contributed by atoms with E-state index in [0.717, 1.165) is 24.1 Å². The molecule has 4 heteroatoms. The summed E-state index contributed by atoms with van der Waals surface area (Å²) < 4.78 is 0. The van der Waals surface area contributed by atoms with Crippen LogP contribution in [-0.4, -0.2) is 17.4 Å². The number of nitrogens with one attached hydrogen (secondary N) is 1. The molecular formula is C17H22N2OS. The Morgan fingerprint density at radius 1 is 1.33 bits per heavy atom. The molecule has 1 heterocycles. The number of benzene rings is 1. The Kier molecular flexibility index (Phi) is 5.93. The van der Waals surface area contributed by atoms with Crippen LogP contribution in [0.1, 0.15) is 37.4 Å². The van der Waals surface area contributed by atoms with Gasteiger partial charge in [-0.05, 0) is 11.5 Å². The lowest BCUT2D eigenvalue weighted by Crippen LogP contribution is -2.34. The molecule has 0 fully saturated rings. The molecule has 1 aromatic carbocycles. The first-order valence-electron chi connectivity index (χ1n) is 7.42. The summed E-state index contributed by atoms with van der Waals surface area (Å²) in [5, 5.41) is 5.08. The second-order valence-electron chi connectivity index (χ2n) is 5.29. The molecule has 0 unspecified atom stereocenters. The second kappa shape index (κ2) is 7.93. The fourth-order valence-electron chi connectivity index (χ4n) is 2.42. The number of carbonyl (C=O) groups excluding carboxylic acids is 1. The average Bonchev–Trinajstić information content (AvgIpc) is 3.01. The number of carbonyl (C=O) groups is 1. The van der Waals surface area contributed by atoms with Crippen molar-refractivity contribution >= 4 is 17.2 Å². The Labute approximate surface area is 130 Å². The van der Waals surface area contributed by atoms with Crippen molar-refractivity contribution < 1.29 is 4.79 Å². The summed E-state index contributed by atoms with van der Waals surface area (Å²) in [6, 6.07) is 10.0. The van der Waals surface area contributed by atoms with Gasteiger partial charge >= 0.3 is 0 Å². The maximum atomic E-state index is 12.5. The van der Waals surface area contributed by atoms with Crippen LogP contribution in [0.25, 0.3) is 0 Å². The van der Waals surface area contributed by atoms with E-state index in [4.69, 9.17) is 0 Å². The molecule has 2 atom stereocenters. The van der Waals surface area contributed by atoms with Gasteiger partial charge in [-0.3, -0.25) is 4.79 Å². The largest absolute Gasteiger partial charge is 0.355 e. The van der Waals surface area contributed by atoms with E-state index in [1.807, 2.05) is 41.2 Å². The van der Waals surface area contributed by atoms with Crippen molar-refractivity contribution in [3.63, 3.8) is 0 Å². The van der Waals surface area contributed by atoms with Gasteiger partial charge in [0.05, 0.1) is 17.1 Å². The fourth-order valence-corrected chi connectivity index (χ4v) is 3.01. The molecule has 1 N–H and O–H groups in total. The first-order chi connectivity index (χ1) is 10.2. The molecule has 0 aliphatic heterocycles. The molecule has 21 heavy (non-hydrogen) atoms. The van der Waals surface area contributed by atoms with E-state index in [1.54, 1.807) is 11.3 Å². The zero-order valence-electron chi connectivity index (χ0n) is 12.6. The van der Waals surface area contributed by atoms with Gasteiger partial charge in [-0.1, -0.05) is 50.6 Å². The lowest BCUT2D eigenvalue weighted by Gasteiger charge is -2.22. The molecule has 0 aliphatic rings. The maximum Gasteiger partial charge on any atom is 0.227 e. The quantitative estimate of drug-likeness (QED) is 0.848. The number of hydrogen-bond donors (Lipinski definition) is 1. The van der Waals surface area contributed by atoms with Gasteiger partial charge in [0.2, 0.25) is 5.91 Å². The first kappa shape index (κ1) is 15.7. The molecule has 0 saturated carbocycles. The van der Waals surface area contributed by atoms with Crippen molar-refractivity contribution in [3.8, 4) is 0 Å². The van der Waals surface area contributed by atoms with Gasteiger partial charge in [0.25, 0.3) is 0 Å². The van der Waals surface area contributed by atoms with E-state index in [1.165, 1.54) is 0 Å². The van der Waals surface area contributed by atoms with E-state index in [-0.39, 0.29) is 11.8 Å². The molecular weight excluding hydrogens is 280 g/mol. The Balaban J connectivity index is 1.98. The maximum absolute atomic E-state index is 12.5. The number of rotatable bonds is 7. The molecule has 0 radical (unpaired) electrons. The summed E-state index contributed by atoms with van der Waals surface area (Å²) in [4.78, 5) is 16.8. The summed E-state index contributed by atoms with van der Waals surface area (Å²) in [5.41, 5.74) is 3.96. The molecule has 3 nitrogen and oxygen atoms in total. The van der Waals surface area contributed by atoms with E-state index in [9.17, 15) is 4.79 Å². The van der Waals surface area contributed by atoms with Crippen LogP contribution in [0.2, 0.25) is 0 Å². The molecule has 0 bridgehead atoms. The highest BCUT2D eigenvalue weighted by atomic mass is 32.1.